The molecule has 54 valence electrons. The third kappa shape index (κ3) is 5.82. The number of hydrogen-bond donors (Lipinski definition) is 1. The number of aliphatic hydroxyl groups excluding tert-OH is 1. The van der Waals surface area contributed by atoms with Crippen molar-refractivity contribution in [2.75, 3.05) is 19.7 Å². The monoisotopic (exact) mass is 187 g/mol. The van der Waals surface area contributed by atoms with E-state index in [0.29, 0.717) is 10.9 Å². The van der Waals surface area contributed by atoms with Crippen molar-refractivity contribution in [2.24, 2.45) is 0 Å². The first-order valence-corrected chi connectivity index (χ1v) is 3.60. The molecule has 0 aromatic rings. The van der Waals surface area contributed by atoms with E-state index in [0.717, 1.165) is 6.54 Å². The third-order valence-corrected chi connectivity index (χ3v) is 1.53. The van der Waals surface area contributed by atoms with Crippen molar-refractivity contribution in [1.29, 1.82) is 0 Å². The zero-order valence-corrected chi connectivity index (χ0v) is 9.97. The maximum Gasteiger partial charge on any atom is 1.00 e. The normalized spacial score (nSPS) is 8.20. The van der Waals surface area contributed by atoms with Crippen molar-refractivity contribution < 1.29 is 34.7 Å². The number of aliphatic hydroxyl groups is 1. The molecule has 0 atom stereocenters. The Labute approximate surface area is 94.7 Å². The van der Waals surface area contributed by atoms with Gasteiger partial charge in [-0.1, -0.05) is 4.32 Å². The topological polar surface area (TPSA) is 23.5 Å². The van der Waals surface area contributed by atoms with Gasteiger partial charge in [0.25, 0.3) is 0 Å². The summed E-state index contributed by atoms with van der Waals surface area (Å²) < 4.78 is 0.437. The Kier molecular flexibility index (Phi) is 11.1. The molecule has 0 rings (SSSR count). The first-order valence-electron chi connectivity index (χ1n) is 2.79. The Morgan fingerprint density at radius 1 is 1.70 bits per heavy atom. The van der Waals surface area contributed by atoms with E-state index in [2.05, 4.69) is 0 Å². The molecule has 0 aliphatic carbocycles. The van der Waals surface area contributed by atoms with Crippen molar-refractivity contribution in [2.45, 2.75) is 6.92 Å². The first-order chi connectivity index (χ1) is 4.22. The van der Waals surface area contributed by atoms with Gasteiger partial charge in [0.05, 0.1) is 6.61 Å². The summed E-state index contributed by atoms with van der Waals surface area (Å²) in [6, 6.07) is 0. The van der Waals surface area contributed by atoms with Gasteiger partial charge < -0.3 is 34.9 Å². The van der Waals surface area contributed by atoms with E-state index in [4.69, 9.17) is 30.0 Å². The predicted molar refractivity (Wildman–Crippen MR) is 44.3 cm³/mol. The molecule has 0 aliphatic heterocycles. The molecule has 0 radical (unpaired) electrons. The van der Waals surface area contributed by atoms with Gasteiger partial charge in [-0.2, -0.15) is 0 Å². The predicted octanol–water partition coefficient (Wildman–Crippen LogP) is -2.86. The largest absolute Gasteiger partial charge is 1.00 e. The summed E-state index contributed by atoms with van der Waals surface area (Å²) in [4.78, 5) is 1.77. The molecule has 0 bridgehead atoms. The minimum Gasteiger partial charge on any atom is -0.411 e. The summed E-state index contributed by atoms with van der Waals surface area (Å²) in [6.07, 6.45) is 0. The van der Waals surface area contributed by atoms with E-state index in [9.17, 15) is 0 Å². The van der Waals surface area contributed by atoms with E-state index < -0.39 is 0 Å². The number of rotatable bonds is 3. The Morgan fingerprint density at radius 3 is 2.30 bits per heavy atom. The zero-order valence-electron chi connectivity index (χ0n) is 6.33. The van der Waals surface area contributed by atoms with E-state index in [1.807, 2.05) is 6.92 Å². The molecule has 0 heterocycles. The molecular weight excluding hydrogens is 177 g/mol. The Balaban J connectivity index is 0. The van der Waals surface area contributed by atoms with Gasteiger partial charge in [0.1, 0.15) is 0 Å². The van der Waals surface area contributed by atoms with E-state index >= 15 is 0 Å². The van der Waals surface area contributed by atoms with Crippen LogP contribution in [0.5, 0.6) is 0 Å². The summed E-state index contributed by atoms with van der Waals surface area (Å²) in [5, 5.41) is 8.47. The molecule has 10 heavy (non-hydrogen) atoms. The molecule has 0 fully saturated rings. The van der Waals surface area contributed by atoms with Crippen molar-refractivity contribution in [3.05, 3.63) is 0 Å². The molecule has 0 spiro atoms. The van der Waals surface area contributed by atoms with Crippen LogP contribution in [0.4, 0.5) is 0 Å². The fourth-order valence-corrected chi connectivity index (χ4v) is 0.940. The van der Waals surface area contributed by atoms with Crippen LogP contribution in [0, 0.1) is 0 Å². The Bertz CT molecular complexity index is 102. The van der Waals surface area contributed by atoms with Gasteiger partial charge in [-0.3, -0.25) is 0 Å². The molecule has 0 amide bonds. The van der Waals surface area contributed by atoms with Gasteiger partial charge >= 0.3 is 29.6 Å². The van der Waals surface area contributed by atoms with Crippen LogP contribution in [0.3, 0.4) is 0 Å². The smallest absolute Gasteiger partial charge is 0.411 e. The number of nitrogens with zero attached hydrogens (tertiary/aromatic N) is 1. The SMILES string of the molecule is CCN(CCO)C(=S)[S-].[Na+]. The molecule has 0 aliphatic rings. The van der Waals surface area contributed by atoms with Gasteiger partial charge in [0.2, 0.25) is 0 Å². The molecule has 0 saturated carbocycles. The van der Waals surface area contributed by atoms with Crippen molar-refractivity contribution in [3.8, 4) is 0 Å². The average Bonchev–Trinajstić information content (AvgIpc) is 1.82. The fourth-order valence-electron chi connectivity index (χ4n) is 0.499. The van der Waals surface area contributed by atoms with Crippen LogP contribution in [0.25, 0.3) is 0 Å². The third-order valence-electron chi connectivity index (χ3n) is 1.01. The summed E-state index contributed by atoms with van der Waals surface area (Å²) >= 11 is 9.42. The van der Waals surface area contributed by atoms with Gasteiger partial charge in [0.15, 0.2) is 0 Å². The van der Waals surface area contributed by atoms with Gasteiger partial charge in [-0.25, -0.2) is 0 Å². The van der Waals surface area contributed by atoms with Crippen LogP contribution in [-0.2, 0) is 12.6 Å². The molecule has 5 heteroatoms. The number of hydrogen-bond acceptors (Lipinski definition) is 3. The summed E-state index contributed by atoms with van der Waals surface area (Å²) in [5.74, 6) is 0. The van der Waals surface area contributed by atoms with Gasteiger partial charge in [-0.15, -0.1) is 0 Å². The van der Waals surface area contributed by atoms with Crippen LogP contribution in [-0.4, -0.2) is 34.0 Å². The zero-order chi connectivity index (χ0) is 7.28. The summed E-state index contributed by atoms with van der Waals surface area (Å²) in [6.45, 7) is 3.40. The van der Waals surface area contributed by atoms with Crippen molar-refractivity contribution >= 4 is 29.2 Å². The average molecular weight is 187 g/mol. The molecule has 0 saturated heterocycles. The molecule has 1 N–H and O–H groups in total. The van der Waals surface area contributed by atoms with Gasteiger partial charge in [-0.05, 0) is 6.92 Å². The molecule has 0 unspecified atom stereocenters. The first kappa shape index (κ1) is 13.6. The van der Waals surface area contributed by atoms with E-state index in [1.165, 1.54) is 0 Å². The Morgan fingerprint density at radius 2 is 2.20 bits per heavy atom. The number of likely N-dealkylation sites (N-methyl/N-ethyl adjacent to an activating group) is 1. The summed E-state index contributed by atoms with van der Waals surface area (Å²) in [7, 11) is 0. The quantitative estimate of drug-likeness (QED) is 0.292. The fraction of sp³-hybridized carbons (Fsp3) is 0.800. The number of thiocarbonyl (C=S) groups is 1. The van der Waals surface area contributed by atoms with Crippen LogP contribution < -0.4 is 29.6 Å². The Hall–Kier alpha value is 1.07. The molecule has 2 nitrogen and oxygen atoms in total. The molecule has 0 aromatic heterocycles. The van der Waals surface area contributed by atoms with Crippen molar-refractivity contribution in [3.63, 3.8) is 0 Å². The summed E-state index contributed by atoms with van der Waals surface area (Å²) in [5.41, 5.74) is 0. The maximum atomic E-state index is 8.47. The standard InChI is InChI=1S/C5H11NOS2.Na/c1-2-6(3-4-7)5(8)9;/h7H,2-4H2,1H3,(H,8,9);/q;+1/p-1. The van der Waals surface area contributed by atoms with Crippen molar-refractivity contribution in [1.82, 2.24) is 4.90 Å². The van der Waals surface area contributed by atoms with Crippen LogP contribution in [0.15, 0.2) is 0 Å². The van der Waals surface area contributed by atoms with E-state index in [-0.39, 0.29) is 36.2 Å². The van der Waals surface area contributed by atoms with Crippen LogP contribution in [0.2, 0.25) is 0 Å². The minimum atomic E-state index is 0. The second-order valence-corrected chi connectivity index (χ2v) is 2.60. The van der Waals surface area contributed by atoms with Crippen LogP contribution >= 0.6 is 12.2 Å². The molecule has 0 aromatic carbocycles. The maximum absolute atomic E-state index is 8.47. The second kappa shape index (κ2) is 8.17. The van der Waals surface area contributed by atoms with E-state index in [1.54, 1.807) is 4.90 Å². The minimum absolute atomic E-state index is 0. The second-order valence-electron chi connectivity index (χ2n) is 1.57. The van der Waals surface area contributed by atoms with Crippen LogP contribution in [0.1, 0.15) is 6.92 Å². The van der Waals surface area contributed by atoms with Gasteiger partial charge in [0, 0.05) is 13.1 Å². The molecular formula is C5H10NNaOS2.